The van der Waals surface area contributed by atoms with E-state index in [2.05, 4.69) is 20.4 Å². The summed E-state index contributed by atoms with van der Waals surface area (Å²) in [5.74, 6) is 0.382. The van der Waals surface area contributed by atoms with Gasteiger partial charge in [-0.3, -0.25) is 0 Å². The molecule has 2 aliphatic carbocycles. The van der Waals surface area contributed by atoms with E-state index in [1.165, 1.54) is 5.57 Å². The van der Waals surface area contributed by atoms with Crippen LogP contribution in [-0.2, 0) is 14.3 Å². The molecule has 4 nitrogen and oxygen atoms in total. The molecule has 24 heavy (non-hydrogen) atoms. The summed E-state index contributed by atoms with van der Waals surface area (Å²) >= 11 is 0. The van der Waals surface area contributed by atoms with Crippen molar-refractivity contribution < 1.29 is 19.4 Å². The molecule has 5 atom stereocenters. The van der Waals surface area contributed by atoms with Crippen molar-refractivity contribution in [1.29, 1.82) is 0 Å². The van der Waals surface area contributed by atoms with Gasteiger partial charge in [-0.05, 0) is 55.9 Å². The predicted molar refractivity (Wildman–Crippen MR) is 90.3 cm³/mol. The SMILES string of the molecule is C=C1CC[C@@H]2CCC3=C([C@@H](C[C@]4(C)OC4[C@@H](O)C1)OC3=O)C2(C)C. The average Bonchev–Trinajstić information content (AvgIpc) is 3.04. The molecule has 2 fully saturated rings. The molecule has 4 aliphatic rings. The van der Waals surface area contributed by atoms with Crippen LogP contribution in [-0.4, -0.2) is 35.0 Å². The number of epoxide rings is 1. The molecule has 1 saturated heterocycles. The molecule has 0 aromatic heterocycles. The van der Waals surface area contributed by atoms with Crippen LogP contribution in [0.2, 0.25) is 0 Å². The number of aliphatic hydroxyl groups is 1. The molecule has 0 aromatic carbocycles. The Morgan fingerprint density at radius 1 is 1.21 bits per heavy atom. The normalized spacial score (nSPS) is 44.3. The van der Waals surface area contributed by atoms with Crippen LogP contribution in [0.1, 0.15) is 59.3 Å². The highest BCUT2D eigenvalue weighted by atomic mass is 16.6. The monoisotopic (exact) mass is 332 g/mol. The average molecular weight is 332 g/mol. The van der Waals surface area contributed by atoms with Crippen molar-refractivity contribution in [3.05, 3.63) is 23.3 Å². The van der Waals surface area contributed by atoms with Crippen molar-refractivity contribution in [1.82, 2.24) is 0 Å². The van der Waals surface area contributed by atoms with E-state index in [1.807, 2.05) is 6.92 Å². The van der Waals surface area contributed by atoms with Gasteiger partial charge in [0.05, 0.1) is 11.7 Å². The highest BCUT2D eigenvalue weighted by Gasteiger charge is 2.60. The Kier molecular flexibility index (Phi) is 3.53. The molecule has 0 spiro atoms. The summed E-state index contributed by atoms with van der Waals surface area (Å²) in [6.45, 7) is 10.7. The lowest BCUT2D eigenvalue weighted by molar-refractivity contribution is -0.140. The molecule has 1 saturated carbocycles. The van der Waals surface area contributed by atoms with Crippen LogP contribution in [0.15, 0.2) is 23.3 Å². The molecular formula is C20H28O4. The van der Waals surface area contributed by atoms with E-state index < -0.39 is 11.7 Å². The number of hydrogen-bond acceptors (Lipinski definition) is 4. The largest absolute Gasteiger partial charge is 0.454 e. The van der Waals surface area contributed by atoms with E-state index in [9.17, 15) is 9.90 Å². The smallest absolute Gasteiger partial charge is 0.334 e. The van der Waals surface area contributed by atoms with Crippen molar-refractivity contribution in [2.75, 3.05) is 0 Å². The van der Waals surface area contributed by atoms with Crippen LogP contribution in [0, 0.1) is 11.3 Å². The number of carbonyl (C=O) groups excluding carboxylic acids is 1. The van der Waals surface area contributed by atoms with Gasteiger partial charge in [-0.15, -0.1) is 0 Å². The third-order valence-corrected chi connectivity index (χ3v) is 6.83. The van der Waals surface area contributed by atoms with E-state index in [1.54, 1.807) is 0 Å². The first-order valence-electron chi connectivity index (χ1n) is 9.19. The zero-order chi connectivity index (χ0) is 17.3. The maximum atomic E-state index is 12.4. The summed E-state index contributed by atoms with van der Waals surface area (Å²) in [5, 5.41) is 10.5. The molecule has 0 aromatic rings. The van der Waals surface area contributed by atoms with E-state index in [0.717, 1.165) is 36.8 Å². The third kappa shape index (κ3) is 2.38. The lowest BCUT2D eigenvalue weighted by Gasteiger charge is -2.41. The Morgan fingerprint density at radius 3 is 2.67 bits per heavy atom. The molecule has 0 radical (unpaired) electrons. The molecule has 1 N–H and O–H groups in total. The van der Waals surface area contributed by atoms with Gasteiger partial charge in [0, 0.05) is 12.0 Å². The third-order valence-electron chi connectivity index (χ3n) is 6.83. The number of esters is 1. The van der Waals surface area contributed by atoms with Crippen LogP contribution in [0.25, 0.3) is 0 Å². The second kappa shape index (κ2) is 5.18. The number of hydrogen-bond donors (Lipinski definition) is 1. The molecule has 4 rings (SSSR count). The molecular weight excluding hydrogens is 304 g/mol. The van der Waals surface area contributed by atoms with Crippen LogP contribution in [0.5, 0.6) is 0 Å². The van der Waals surface area contributed by atoms with Crippen molar-refractivity contribution in [3.8, 4) is 0 Å². The highest BCUT2D eigenvalue weighted by Crippen LogP contribution is 2.55. The lowest BCUT2D eigenvalue weighted by Crippen LogP contribution is -2.37. The first-order valence-corrected chi connectivity index (χ1v) is 9.19. The van der Waals surface area contributed by atoms with Gasteiger partial charge < -0.3 is 14.6 Å². The van der Waals surface area contributed by atoms with Gasteiger partial charge >= 0.3 is 5.97 Å². The Labute approximate surface area is 143 Å². The van der Waals surface area contributed by atoms with Crippen molar-refractivity contribution in [3.63, 3.8) is 0 Å². The molecule has 0 amide bonds. The second-order valence-corrected chi connectivity index (χ2v) is 8.86. The molecule has 1 unspecified atom stereocenters. The van der Waals surface area contributed by atoms with E-state index in [0.29, 0.717) is 18.8 Å². The maximum absolute atomic E-state index is 12.4. The molecule has 2 heterocycles. The minimum absolute atomic E-state index is 0.0384. The number of aliphatic hydroxyl groups excluding tert-OH is 1. The summed E-state index contributed by atoms with van der Waals surface area (Å²) in [6, 6.07) is 0. The summed E-state index contributed by atoms with van der Waals surface area (Å²) in [4.78, 5) is 12.4. The fourth-order valence-corrected chi connectivity index (χ4v) is 5.31. The summed E-state index contributed by atoms with van der Waals surface area (Å²) in [5.41, 5.74) is 2.75. The standard InChI is InChI=1S/C20H28O4/c1-11-5-6-12-7-8-13-16(19(12,2)3)15(23-18(13)22)10-20(4)17(24-20)14(21)9-11/h12,14-15,17,21H,1,5-10H2,2-4H3/t12-,14+,15-,17?,20+/m1/s1. The number of rotatable bonds is 0. The quantitative estimate of drug-likeness (QED) is 0.420. The second-order valence-electron chi connectivity index (χ2n) is 8.86. The Morgan fingerprint density at radius 2 is 1.92 bits per heavy atom. The van der Waals surface area contributed by atoms with E-state index >= 15 is 0 Å². The Hall–Kier alpha value is -1.13. The first-order chi connectivity index (χ1) is 11.2. The zero-order valence-electron chi connectivity index (χ0n) is 14.9. The van der Waals surface area contributed by atoms with Gasteiger partial charge in [0.1, 0.15) is 12.2 Å². The van der Waals surface area contributed by atoms with Crippen LogP contribution in [0.3, 0.4) is 0 Å². The lowest BCUT2D eigenvalue weighted by atomic mass is 9.62. The Bertz CT molecular complexity index is 632. The number of fused-ring (bicyclic) bond motifs is 2. The van der Waals surface area contributed by atoms with Gasteiger partial charge in [0.2, 0.25) is 0 Å². The molecule has 132 valence electrons. The summed E-state index contributed by atoms with van der Waals surface area (Å²) in [6.07, 6.45) is 4.19. The topological polar surface area (TPSA) is 59.1 Å². The fourth-order valence-electron chi connectivity index (χ4n) is 5.31. The van der Waals surface area contributed by atoms with Gasteiger partial charge in [-0.2, -0.15) is 0 Å². The maximum Gasteiger partial charge on any atom is 0.334 e. The van der Waals surface area contributed by atoms with Crippen molar-refractivity contribution >= 4 is 5.97 Å². The minimum Gasteiger partial charge on any atom is -0.454 e. The minimum atomic E-state index is -0.514. The Balaban J connectivity index is 1.72. The van der Waals surface area contributed by atoms with Crippen LogP contribution in [0.4, 0.5) is 0 Å². The first kappa shape index (κ1) is 16.3. The molecule has 2 aliphatic heterocycles. The summed E-state index contributed by atoms with van der Waals surface area (Å²) < 4.78 is 11.6. The molecule has 2 bridgehead atoms. The van der Waals surface area contributed by atoms with Gasteiger partial charge in [-0.1, -0.05) is 26.0 Å². The predicted octanol–water partition coefficient (Wildman–Crippen LogP) is 3.29. The fraction of sp³-hybridized carbons (Fsp3) is 0.750. The number of carbonyl (C=O) groups is 1. The number of ether oxygens (including phenoxy) is 2. The van der Waals surface area contributed by atoms with Gasteiger partial charge in [0.25, 0.3) is 0 Å². The van der Waals surface area contributed by atoms with Crippen LogP contribution < -0.4 is 0 Å². The van der Waals surface area contributed by atoms with Crippen LogP contribution >= 0.6 is 0 Å². The molecule has 4 heteroatoms. The van der Waals surface area contributed by atoms with Crippen molar-refractivity contribution in [2.45, 2.75) is 83.2 Å². The summed E-state index contributed by atoms with van der Waals surface area (Å²) in [7, 11) is 0. The van der Waals surface area contributed by atoms with E-state index in [4.69, 9.17) is 9.47 Å². The van der Waals surface area contributed by atoms with Crippen molar-refractivity contribution in [2.24, 2.45) is 11.3 Å². The van der Waals surface area contributed by atoms with Gasteiger partial charge in [0.15, 0.2) is 0 Å². The zero-order valence-corrected chi connectivity index (χ0v) is 14.9. The van der Waals surface area contributed by atoms with Gasteiger partial charge in [-0.25, -0.2) is 4.79 Å². The van der Waals surface area contributed by atoms with E-state index in [-0.39, 0.29) is 23.6 Å². The highest BCUT2D eigenvalue weighted by molar-refractivity contribution is 5.93.